The maximum atomic E-state index is 15.7. The number of nitrogens with zero attached hydrogens (tertiary/aromatic N) is 4. The second-order valence-electron chi connectivity index (χ2n) is 12.2. The highest BCUT2D eigenvalue weighted by atomic mass is 35.5. The average Bonchev–Trinajstić information content (AvgIpc) is 3.74. The third-order valence-corrected chi connectivity index (χ3v) is 10.6. The molecule has 0 saturated carbocycles. The van der Waals surface area contributed by atoms with E-state index in [2.05, 4.69) is 9.36 Å². The lowest BCUT2D eigenvalue weighted by atomic mass is 9.89. The van der Waals surface area contributed by atoms with Crippen LogP contribution in [0.25, 0.3) is 0 Å². The fourth-order valence-electron chi connectivity index (χ4n) is 5.41. The number of hydrogen-bond acceptors (Lipinski definition) is 10. The van der Waals surface area contributed by atoms with Crippen LogP contribution in [-0.4, -0.2) is 68.3 Å². The molecular weight excluding hydrogens is 702 g/mol. The summed E-state index contributed by atoms with van der Waals surface area (Å²) in [6.45, 7) is 5.39. The first-order valence-corrected chi connectivity index (χ1v) is 17.6. The van der Waals surface area contributed by atoms with Crippen LogP contribution < -0.4 is 18.5 Å². The lowest BCUT2D eigenvalue weighted by molar-refractivity contribution is 0.0283. The van der Waals surface area contributed by atoms with Crippen molar-refractivity contribution in [3.05, 3.63) is 88.7 Å². The molecular formula is C33H35ClF2N4O7S2. The Morgan fingerprint density at radius 2 is 1.76 bits per heavy atom. The number of halogens is 3. The first-order chi connectivity index (χ1) is 23.2. The third kappa shape index (κ3) is 8.33. The van der Waals surface area contributed by atoms with Crippen LogP contribution in [0.15, 0.2) is 65.8 Å². The van der Waals surface area contributed by atoms with Gasteiger partial charge in [-0.05, 0) is 50.6 Å². The second-order valence-corrected chi connectivity index (χ2v) is 15.3. The smallest absolute Gasteiger partial charge is 0.410 e. The minimum absolute atomic E-state index is 0.0676. The largest absolute Gasteiger partial charge is 0.497 e. The number of anilines is 1. The van der Waals surface area contributed by atoms with Crippen molar-refractivity contribution in [1.29, 1.82) is 0 Å². The van der Waals surface area contributed by atoms with Gasteiger partial charge in [-0.1, -0.05) is 23.7 Å². The van der Waals surface area contributed by atoms with E-state index >= 15 is 8.78 Å². The molecule has 0 N–H and O–H groups in total. The number of carbonyl (C=O) groups is 1. The zero-order valence-electron chi connectivity index (χ0n) is 27.4. The number of hydrogen-bond donors (Lipinski definition) is 0. The van der Waals surface area contributed by atoms with Crippen LogP contribution in [-0.2, 0) is 21.3 Å². The number of aromatic nitrogens is 2. The summed E-state index contributed by atoms with van der Waals surface area (Å²) in [5, 5.41) is 0.473. The summed E-state index contributed by atoms with van der Waals surface area (Å²) < 4.78 is 85.8. The second kappa shape index (κ2) is 14.7. The Bertz CT molecular complexity index is 1890. The number of benzene rings is 3. The first kappa shape index (κ1) is 36.1. The monoisotopic (exact) mass is 736 g/mol. The molecule has 1 fully saturated rings. The van der Waals surface area contributed by atoms with Gasteiger partial charge in [0, 0.05) is 65.2 Å². The van der Waals surface area contributed by atoms with E-state index in [1.807, 2.05) is 12.1 Å². The Hall–Kier alpha value is -4.21. The Morgan fingerprint density at radius 1 is 1.02 bits per heavy atom. The van der Waals surface area contributed by atoms with Crippen LogP contribution in [0.1, 0.15) is 37.8 Å². The van der Waals surface area contributed by atoms with Crippen molar-refractivity contribution >= 4 is 44.4 Å². The lowest BCUT2D eigenvalue weighted by Gasteiger charge is -2.24. The molecule has 1 saturated heterocycles. The van der Waals surface area contributed by atoms with Gasteiger partial charge in [-0.25, -0.2) is 31.3 Å². The fraction of sp³-hybridized carbons (Fsp3) is 0.364. The van der Waals surface area contributed by atoms with Gasteiger partial charge in [-0.15, -0.1) is 0 Å². The summed E-state index contributed by atoms with van der Waals surface area (Å²) in [6.07, 6.45) is 0.652. The molecule has 0 aliphatic carbocycles. The van der Waals surface area contributed by atoms with E-state index in [0.717, 1.165) is 27.7 Å². The molecule has 3 aromatic carbocycles. The van der Waals surface area contributed by atoms with Crippen molar-refractivity contribution in [2.75, 3.05) is 38.2 Å². The van der Waals surface area contributed by atoms with Crippen molar-refractivity contribution in [2.45, 2.75) is 43.7 Å². The molecule has 0 spiro atoms. The van der Waals surface area contributed by atoms with Gasteiger partial charge in [-0.3, -0.25) is 0 Å². The molecule has 1 aliphatic heterocycles. The number of amides is 1. The summed E-state index contributed by atoms with van der Waals surface area (Å²) in [6, 6.07) is 13.2. The van der Waals surface area contributed by atoms with Crippen LogP contribution >= 0.6 is 23.1 Å². The minimum atomic E-state index is -4.73. The van der Waals surface area contributed by atoms with Gasteiger partial charge in [0.25, 0.3) is 10.0 Å². The summed E-state index contributed by atoms with van der Waals surface area (Å²) in [4.78, 5) is 17.6. The zero-order chi connectivity index (χ0) is 35.5. The number of rotatable bonds is 11. The molecule has 0 radical (unpaired) electrons. The van der Waals surface area contributed by atoms with E-state index in [0.29, 0.717) is 40.8 Å². The molecule has 16 heteroatoms. The van der Waals surface area contributed by atoms with E-state index < -0.39 is 44.0 Å². The Kier molecular flexibility index (Phi) is 10.8. The molecule has 1 amide bonds. The van der Waals surface area contributed by atoms with Gasteiger partial charge in [-0.2, -0.15) is 4.37 Å². The van der Waals surface area contributed by atoms with E-state index in [1.165, 1.54) is 14.2 Å². The van der Waals surface area contributed by atoms with Gasteiger partial charge in [0.15, 0.2) is 11.6 Å². The molecule has 1 unspecified atom stereocenters. The summed E-state index contributed by atoms with van der Waals surface area (Å²) in [7, 11) is -1.84. The summed E-state index contributed by atoms with van der Waals surface area (Å²) >= 11 is 6.86. The predicted molar refractivity (Wildman–Crippen MR) is 180 cm³/mol. The van der Waals surface area contributed by atoms with E-state index in [-0.39, 0.29) is 36.7 Å². The number of methoxy groups -OCH3 is 2. The highest BCUT2D eigenvalue weighted by Gasteiger charge is 2.39. The molecule has 11 nitrogen and oxygen atoms in total. The number of sulfonamides is 1. The van der Waals surface area contributed by atoms with Crippen LogP contribution in [0.2, 0.25) is 5.02 Å². The minimum Gasteiger partial charge on any atom is -0.497 e. The summed E-state index contributed by atoms with van der Waals surface area (Å²) in [5.74, 6) is -2.59. The van der Waals surface area contributed by atoms with Gasteiger partial charge < -0.3 is 23.8 Å². The van der Waals surface area contributed by atoms with Crippen molar-refractivity contribution < 1.29 is 40.9 Å². The average molecular weight is 737 g/mol. The molecule has 49 heavy (non-hydrogen) atoms. The lowest BCUT2D eigenvalue weighted by Crippen LogP contribution is -2.35. The molecule has 1 aliphatic rings. The van der Waals surface area contributed by atoms with Gasteiger partial charge >= 0.3 is 6.09 Å². The van der Waals surface area contributed by atoms with Crippen LogP contribution in [0, 0.1) is 17.6 Å². The van der Waals surface area contributed by atoms with Crippen molar-refractivity contribution in [3.8, 4) is 17.2 Å². The highest BCUT2D eigenvalue weighted by Crippen LogP contribution is 2.37. The first-order valence-electron chi connectivity index (χ1n) is 15.1. The molecule has 5 rings (SSSR count). The van der Waals surface area contributed by atoms with Crippen LogP contribution in [0.5, 0.6) is 17.2 Å². The van der Waals surface area contributed by atoms with Gasteiger partial charge in [0.05, 0.1) is 27.4 Å². The van der Waals surface area contributed by atoms with Crippen LogP contribution in [0.3, 0.4) is 0 Å². The molecule has 0 bridgehead atoms. The van der Waals surface area contributed by atoms with Crippen LogP contribution in [0.4, 0.5) is 18.7 Å². The summed E-state index contributed by atoms with van der Waals surface area (Å²) in [5.41, 5.74) is 0.578. The normalized spacial score (nSPS) is 16.4. The Morgan fingerprint density at radius 3 is 2.39 bits per heavy atom. The topological polar surface area (TPSA) is 120 Å². The van der Waals surface area contributed by atoms with Crippen molar-refractivity contribution in [2.24, 2.45) is 5.92 Å². The number of ether oxygens (including phenoxy) is 4. The van der Waals surface area contributed by atoms with E-state index in [1.54, 1.807) is 56.0 Å². The maximum absolute atomic E-state index is 15.7. The Labute approximate surface area is 292 Å². The van der Waals surface area contributed by atoms with E-state index in [9.17, 15) is 13.2 Å². The van der Waals surface area contributed by atoms with Crippen molar-refractivity contribution in [1.82, 2.24) is 14.3 Å². The number of carbonyl (C=O) groups excluding carboxylic acids is 1. The van der Waals surface area contributed by atoms with Gasteiger partial charge in [0.2, 0.25) is 5.13 Å². The third-order valence-electron chi connectivity index (χ3n) is 7.77. The quantitative estimate of drug-likeness (QED) is 0.162. The predicted octanol–water partition coefficient (Wildman–Crippen LogP) is 6.91. The fourth-order valence-corrected chi connectivity index (χ4v) is 7.72. The molecule has 4 aromatic rings. The standard InChI is InChI=1S/C33H35ClF2N4O7S2/c1-33(2,3)47-32(41)39-15-22(25(17-39)20-6-9-23(34)10-7-20)18-46-29-13-27(36)30(14-26(29)35)49(42,43)40(31-37-19-38-48-31)16-21-8-11-24(44-4)12-28(21)45-5/h6-14,19,22,25H,15-18H2,1-5H3/t22-,25?/m0/s1. The molecule has 2 heterocycles. The number of likely N-dealkylation sites (tertiary alicyclic amines) is 1. The van der Waals surface area contributed by atoms with Crippen molar-refractivity contribution in [3.63, 3.8) is 0 Å². The maximum Gasteiger partial charge on any atom is 0.410 e. The zero-order valence-corrected chi connectivity index (χ0v) is 29.7. The molecule has 262 valence electrons. The van der Waals surface area contributed by atoms with E-state index in [4.69, 9.17) is 30.5 Å². The van der Waals surface area contributed by atoms with Gasteiger partial charge in [0.1, 0.15) is 34.1 Å². The highest BCUT2D eigenvalue weighted by molar-refractivity contribution is 7.93. The Balaban J connectivity index is 1.40. The SMILES string of the molecule is COc1ccc(CN(c2ncns2)S(=O)(=O)c2cc(F)c(OC[C@@H]3CN(C(=O)OC(C)(C)C)CC3c3ccc(Cl)cc3)cc2F)c(OC)c1. The molecule has 2 atom stereocenters. The molecule has 1 aromatic heterocycles.